The molecule has 0 aromatic rings. The molecule has 0 N–H and O–H groups in total. The van der Waals surface area contributed by atoms with E-state index in [1.54, 1.807) is 7.11 Å². The van der Waals surface area contributed by atoms with Crippen LogP contribution in [0.1, 0.15) is 46.0 Å². The maximum Gasteiger partial charge on any atom is 0.312 e. The number of methoxy groups -OCH3 is 1. The molecule has 0 radical (unpaired) electrons. The van der Waals surface area contributed by atoms with Crippen LogP contribution in [0.3, 0.4) is 0 Å². The SMILES string of the molecule is COC(=O)[C@@]1(C)[C@@H]2[C@@H]3CCC[C@@H]3[C@@H]3[C@@H]2[C@@H]2[C@@H]4[C@H]5[C@H](CC[C@@H]5C(=O)[C@]43C)[C@@H]21. The number of rotatable bonds is 1. The van der Waals surface area contributed by atoms with Gasteiger partial charge in [-0.1, -0.05) is 13.3 Å². The maximum atomic E-state index is 13.7. The van der Waals surface area contributed by atoms with Crippen molar-refractivity contribution < 1.29 is 14.3 Å². The number of hydrogen-bond donors (Lipinski definition) is 0. The summed E-state index contributed by atoms with van der Waals surface area (Å²) in [7, 11) is 1.60. The zero-order valence-corrected chi connectivity index (χ0v) is 16.1. The van der Waals surface area contributed by atoms with E-state index in [2.05, 4.69) is 13.8 Å². The summed E-state index contributed by atoms with van der Waals surface area (Å²) in [5.74, 6) is 7.02. The number of ketones is 1. The number of esters is 1. The Hall–Kier alpha value is -0.860. The van der Waals surface area contributed by atoms with Crippen molar-refractivity contribution in [1.82, 2.24) is 0 Å². The van der Waals surface area contributed by atoms with Crippen LogP contribution in [0.2, 0.25) is 0 Å². The Morgan fingerprint density at radius 3 is 2.27 bits per heavy atom. The zero-order chi connectivity index (χ0) is 17.7. The van der Waals surface area contributed by atoms with Crippen LogP contribution in [-0.4, -0.2) is 18.9 Å². The van der Waals surface area contributed by atoms with Crippen molar-refractivity contribution >= 4 is 11.8 Å². The van der Waals surface area contributed by atoms with Crippen molar-refractivity contribution in [2.75, 3.05) is 7.11 Å². The second kappa shape index (κ2) is 4.10. The summed E-state index contributed by atoms with van der Waals surface area (Å²) in [4.78, 5) is 26.9. The van der Waals surface area contributed by atoms with Crippen LogP contribution < -0.4 is 0 Å². The Morgan fingerprint density at radius 1 is 0.885 bits per heavy atom. The number of Topliss-reactive ketones (excluding diaryl/α,β-unsaturated/α-hetero) is 1. The first kappa shape index (κ1) is 15.1. The van der Waals surface area contributed by atoms with E-state index in [0.717, 1.165) is 6.42 Å². The summed E-state index contributed by atoms with van der Waals surface area (Å²) >= 11 is 0. The van der Waals surface area contributed by atoms with Gasteiger partial charge in [-0.15, -0.1) is 0 Å². The van der Waals surface area contributed by atoms with Crippen molar-refractivity contribution in [2.24, 2.45) is 75.9 Å². The van der Waals surface area contributed by atoms with Crippen molar-refractivity contribution in [1.29, 1.82) is 0 Å². The van der Waals surface area contributed by atoms with E-state index in [-0.39, 0.29) is 16.8 Å². The third kappa shape index (κ3) is 1.13. The Kier molecular flexibility index (Phi) is 2.38. The van der Waals surface area contributed by atoms with Crippen LogP contribution in [-0.2, 0) is 14.3 Å². The van der Waals surface area contributed by atoms with Gasteiger partial charge in [0.2, 0.25) is 0 Å². The quantitative estimate of drug-likeness (QED) is 0.676. The lowest BCUT2D eigenvalue weighted by Gasteiger charge is -2.39. The van der Waals surface area contributed by atoms with Crippen LogP contribution in [0, 0.1) is 75.9 Å². The van der Waals surface area contributed by atoms with Crippen LogP contribution in [0.15, 0.2) is 0 Å². The van der Waals surface area contributed by atoms with E-state index < -0.39 is 0 Å². The number of carbonyl (C=O) groups is 2. The van der Waals surface area contributed by atoms with Gasteiger partial charge in [-0.05, 0) is 91.8 Å². The average molecular weight is 354 g/mol. The molecule has 26 heavy (non-hydrogen) atoms. The molecule has 0 amide bonds. The van der Waals surface area contributed by atoms with E-state index in [1.807, 2.05) is 0 Å². The minimum Gasteiger partial charge on any atom is -0.469 e. The Morgan fingerprint density at radius 2 is 1.54 bits per heavy atom. The standard InChI is InChI=1S/C23H30O3/c1-22-16-9-5-4-6-10(9)17-14(16)15-18(23(17,2)21(25)26-3)11-7-8-12(20(22)24)13(11)19(15)22/h9-19H,4-8H2,1-3H3/t9-,10+,11-,12-,13-,14-,15-,16+,17+,18-,19-,22-,23-/m0/s1. The Labute approximate surface area is 155 Å². The molecule has 0 aliphatic heterocycles. The highest BCUT2D eigenvalue weighted by atomic mass is 16.5. The van der Waals surface area contributed by atoms with Crippen LogP contribution >= 0.6 is 0 Å². The fourth-order valence-electron chi connectivity index (χ4n) is 11.7. The molecule has 13 atom stereocenters. The normalized spacial score (nSPS) is 68.0. The Bertz CT molecular complexity index is 751. The van der Waals surface area contributed by atoms with Gasteiger partial charge in [-0.3, -0.25) is 9.59 Å². The lowest BCUT2D eigenvalue weighted by atomic mass is 9.64. The van der Waals surface area contributed by atoms with E-state index in [1.165, 1.54) is 25.7 Å². The smallest absolute Gasteiger partial charge is 0.312 e. The first-order valence-electron chi connectivity index (χ1n) is 11.1. The molecule has 0 spiro atoms. The van der Waals surface area contributed by atoms with Crippen LogP contribution in [0.5, 0.6) is 0 Å². The molecule has 3 nitrogen and oxygen atoms in total. The molecular weight excluding hydrogens is 324 g/mol. The second-order valence-corrected chi connectivity index (χ2v) is 11.4. The van der Waals surface area contributed by atoms with Crippen molar-refractivity contribution in [3.05, 3.63) is 0 Å². The summed E-state index contributed by atoms with van der Waals surface area (Å²) in [6.07, 6.45) is 6.15. The van der Waals surface area contributed by atoms with E-state index in [4.69, 9.17) is 4.74 Å². The molecule has 7 rings (SSSR count). The number of fused-ring (bicyclic) bond motifs is 5. The molecule has 0 unspecified atom stereocenters. The van der Waals surface area contributed by atoms with Gasteiger partial charge in [0.25, 0.3) is 0 Å². The molecule has 3 heteroatoms. The highest BCUT2D eigenvalue weighted by molar-refractivity contribution is 5.92. The highest BCUT2D eigenvalue weighted by Gasteiger charge is 2.87. The molecule has 0 heterocycles. The van der Waals surface area contributed by atoms with E-state index in [9.17, 15) is 9.59 Å². The summed E-state index contributed by atoms with van der Waals surface area (Å²) in [6, 6.07) is 0. The predicted molar refractivity (Wildman–Crippen MR) is 94.7 cm³/mol. The minimum absolute atomic E-state index is 0.0580. The third-order valence-electron chi connectivity index (χ3n) is 11.6. The van der Waals surface area contributed by atoms with Gasteiger partial charge in [-0.2, -0.15) is 0 Å². The number of ether oxygens (including phenoxy) is 1. The largest absolute Gasteiger partial charge is 0.469 e. The first-order valence-corrected chi connectivity index (χ1v) is 11.1. The topological polar surface area (TPSA) is 43.4 Å². The lowest BCUT2D eigenvalue weighted by Crippen LogP contribution is -2.44. The van der Waals surface area contributed by atoms with Gasteiger partial charge in [0.1, 0.15) is 5.78 Å². The summed E-state index contributed by atoms with van der Waals surface area (Å²) < 4.78 is 5.48. The van der Waals surface area contributed by atoms with Crippen molar-refractivity contribution in [3.63, 3.8) is 0 Å². The van der Waals surface area contributed by atoms with Gasteiger partial charge in [0, 0.05) is 11.3 Å². The van der Waals surface area contributed by atoms with Gasteiger partial charge >= 0.3 is 5.97 Å². The molecule has 0 saturated heterocycles. The Balaban J connectivity index is 1.51. The monoisotopic (exact) mass is 354 g/mol. The summed E-state index contributed by atoms with van der Waals surface area (Å²) in [6.45, 7) is 4.67. The van der Waals surface area contributed by atoms with Gasteiger partial charge in [-0.25, -0.2) is 0 Å². The van der Waals surface area contributed by atoms with Gasteiger partial charge in [0.15, 0.2) is 0 Å². The molecule has 7 aliphatic carbocycles. The highest BCUT2D eigenvalue weighted by Crippen LogP contribution is 2.87. The van der Waals surface area contributed by atoms with Crippen molar-refractivity contribution in [2.45, 2.75) is 46.0 Å². The second-order valence-electron chi connectivity index (χ2n) is 11.4. The van der Waals surface area contributed by atoms with Crippen LogP contribution in [0.25, 0.3) is 0 Å². The number of carbonyl (C=O) groups excluding carboxylic acids is 2. The molecule has 7 saturated carbocycles. The molecule has 7 fully saturated rings. The van der Waals surface area contributed by atoms with E-state index >= 15 is 0 Å². The molecule has 0 aromatic heterocycles. The first-order chi connectivity index (χ1) is 12.5. The minimum atomic E-state index is -0.291. The molecule has 0 aromatic carbocycles. The molecular formula is C23H30O3. The lowest BCUT2D eigenvalue weighted by molar-refractivity contribution is -0.160. The summed E-state index contributed by atoms with van der Waals surface area (Å²) in [5, 5.41) is 0. The van der Waals surface area contributed by atoms with E-state index in [0.29, 0.717) is 70.9 Å². The van der Waals surface area contributed by atoms with Crippen molar-refractivity contribution in [3.8, 4) is 0 Å². The molecule has 140 valence electrons. The third-order valence-corrected chi connectivity index (χ3v) is 11.6. The fraction of sp³-hybridized carbons (Fsp3) is 0.913. The number of hydrogen-bond acceptors (Lipinski definition) is 3. The van der Waals surface area contributed by atoms with Gasteiger partial charge < -0.3 is 4.74 Å². The van der Waals surface area contributed by atoms with Crippen LogP contribution in [0.4, 0.5) is 0 Å². The predicted octanol–water partition coefficient (Wildman–Crippen LogP) is 3.57. The molecule has 7 aliphatic rings. The summed E-state index contributed by atoms with van der Waals surface area (Å²) in [5.41, 5.74) is -0.349. The maximum absolute atomic E-state index is 13.7. The molecule has 0 bridgehead atoms. The zero-order valence-electron chi connectivity index (χ0n) is 16.1. The fourth-order valence-corrected chi connectivity index (χ4v) is 11.7. The van der Waals surface area contributed by atoms with Gasteiger partial charge in [0.05, 0.1) is 12.5 Å². The average Bonchev–Trinajstić information content (AvgIpc) is 3.38.